The van der Waals surface area contributed by atoms with Crippen LogP contribution in [0.3, 0.4) is 0 Å². The first-order valence-corrected chi connectivity index (χ1v) is 6.03. The van der Waals surface area contributed by atoms with Crippen molar-refractivity contribution >= 4 is 22.3 Å². The molecular formula is C14H15N3O2. The largest absolute Gasteiger partial charge is 0.376 e. The Bertz CT molecular complexity index is 625. The van der Waals surface area contributed by atoms with Crippen LogP contribution in [0.2, 0.25) is 0 Å². The maximum Gasteiger partial charge on any atom is 0.311 e. The van der Waals surface area contributed by atoms with E-state index in [0.29, 0.717) is 5.69 Å². The van der Waals surface area contributed by atoms with Crippen molar-refractivity contribution < 1.29 is 4.92 Å². The number of anilines is 1. The predicted molar refractivity (Wildman–Crippen MR) is 76.3 cm³/mol. The summed E-state index contributed by atoms with van der Waals surface area (Å²) in [6.45, 7) is 5.63. The smallest absolute Gasteiger partial charge is 0.311 e. The monoisotopic (exact) mass is 257 g/mol. The molecule has 0 spiro atoms. The average molecular weight is 257 g/mol. The van der Waals surface area contributed by atoms with E-state index in [-0.39, 0.29) is 11.7 Å². The van der Waals surface area contributed by atoms with E-state index in [4.69, 9.17) is 0 Å². The van der Waals surface area contributed by atoms with Crippen LogP contribution in [0.25, 0.3) is 10.9 Å². The number of fused-ring (bicyclic) bond motifs is 1. The number of para-hydroxylation sites is 1. The van der Waals surface area contributed by atoms with Gasteiger partial charge in [0.2, 0.25) is 0 Å². The molecule has 0 radical (unpaired) electrons. The molecule has 0 aliphatic heterocycles. The summed E-state index contributed by atoms with van der Waals surface area (Å²) in [5, 5.41) is 15.1. The first-order valence-electron chi connectivity index (χ1n) is 6.03. The molecule has 0 fully saturated rings. The summed E-state index contributed by atoms with van der Waals surface area (Å²) >= 11 is 0. The van der Waals surface area contributed by atoms with E-state index >= 15 is 0 Å². The van der Waals surface area contributed by atoms with Crippen LogP contribution in [-0.2, 0) is 0 Å². The molecule has 98 valence electrons. The topological polar surface area (TPSA) is 68.1 Å². The fraction of sp³-hybridized carbons (Fsp3) is 0.214. The fourth-order valence-electron chi connectivity index (χ4n) is 1.98. The van der Waals surface area contributed by atoms with E-state index in [1.54, 1.807) is 6.08 Å². The molecule has 0 amide bonds. The second-order valence-electron chi connectivity index (χ2n) is 4.36. The number of benzene rings is 1. The Hall–Kier alpha value is -2.43. The van der Waals surface area contributed by atoms with Crippen molar-refractivity contribution in [2.75, 3.05) is 5.32 Å². The predicted octanol–water partition coefficient (Wildman–Crippen LogP) is 3.52. The second-order valence-corrected chi connectivity index (χ2v) is 4.36. The van der Waals surface area contributed by atoms with E-state index in [0.717, 1.165) is 17.3 Å². The molecule has 0 bridgehead atoms. The molecule has 5 nitrogen and oxygen atoms in total. The van der Waals surface area contributed by atoms with E-state index in [1.165, 1.54) is 6.20 Å². The van der Waals surface area contributed by atoms with Crippen molar-refractivity contribution in [3.63, 3.8) is 0 Å². The van der Waals surface area contributed by atoms with Crippen LogP contribution in [0, 0.1) is 10.1 Å². The van der Waals surface area contributed by atoms with Gasteiger partial charge in [0, 0.05) is 11.4 Å². The SMILES string of the molecule is C=CCC(C)Nc1c([N+](=O)[O-])cnc2ccccc12. The Balaban J connectivity index is 2.55. The zero-order valence-corrected chi connectivity index (χ0v) is 10.7. The van der Waals surface area contributed by atoms with Crippen molar-refractivity contribution in [3.05, 3.63) is 53.2 Å². The number of nitro groups is 1. The van der Waals surface area contributed by atoms with Crippen LogP contribution in [-0.4, -0.2) is 15.9 Å². The lowest BCUT2D eigenvalue weighted by Crippen LogP contribution is -2.15. The minimum absolute atomic E-state index is 0.00499. The highest BCUT2D eigenvalue weighted by Crippen LogP contribution is 2.32. The third kappa shape index (κ3) is 2.70. The van der Waals surface area contributed by atoms with Crippen LogP contribution < -0.4 is 5.32 Å². The highest BCUT2D eigenvalue weighted by molar-refractivity contribution is 5.95. The van der Waals surface area contributed by atoms with Crippen LogP contribution in [0.1, 0.15) is 13.3 Å². The maximum absolute atomic E-state index is 11.1. The Morgan fingerprint density at radius 2 is 2.26 bits per heavy atom. The normalized spacial score (nSPS) is 12.1. The minimum Gasteiger partial charge on any atom is -0.376 e. The lowest BCUT2D eigenvalue weighted by atomic mass is 10.1. The van der Waals surface area contributed by atoms with Gasteiger partial charge in [-0.05, 0) is 19.4 Å². The summed E-state index contributed by atoms with van der Waals surface area (Å²) in [6, 6.07) is 7.44. The molecular weight excluding hydrogens is 242 g/mol. The first-order chi connectivity index (χ1) is 9.13. The van der Waals surface area contributed by atoms with Gasteiger partial charge in [-0.25, -0.2) is 4.98 Å². The molecule has 1 aromatic heterocycles. The lowest BCUT2D eigenvalue weighted by Gasteiger charge is -2.15. The summed E-state index contributed by atoms with van der Waals surface area (Å²) in [7, 11) is 0. The van der Waals surface area contributed by atoms with Gasteiger partial charge >= 0.3 is 5.69 Å². The number of hydrogen-bond acceptors (Lipinski definition) is 4. The van der Waals surface area contributed by atoms with Crippen molar-refractivity contribution in [1.82, 2.24) is 4.98 Å². The number of hydrogen-bond donors (Lipinski definition) is 1. The van der Waals surface area contributed by atoms with Gasteiger partial charge in [-0.3, -0.25) is 10.1 Å². The standard InChI is InChI=1S/C14H15N3O2/c1-3-6-10(2)16-14-11-7-4-5-8-12(11)15-9-13(14)17(18)19/h3-5,7-10H,1,6H2,2H3,(H,15,16). The van der Waals surface area contributed by atoms with Crippen molar-refractivity contribution in [1.29, 1.82) is 0 Å². The van der Waals surface area contributed by atoms with Gasteiger partial charge in [0.05, 0.1) is 10.4 Å². The molecule has 5 heteroatoms. The van der Waals surface area contributed by atoms with Crippen LogP contribution in [0.4, 0.5) is 11.4 Å². The molecule has 1 atom stereocenters. The third-order valence-corrected chi connectivity index (χ3v) is 2.86. The molecule has 1 heterocycles. The minimum atomic E-state index is -0.414. The fourth-order valence-corrected chi connectivity index (χ4v) is 1.98. The quantitative estimate of drug-likeness (QED) is 0.505. The van der Waals surface area contributed by atoms with Crippen molar-refractivity contribution in [3.8, 4) is 0 Å². The highest BCUT2D eigenvalue weighted by Gasteiger charge is 2.18. The molecule has 0 saturated carbocycles. The third-order valence-electron chi connectivity index (χ3n) is 2.86. The summed E-state index contributed by atoms with van der Waals surface area (Å²) in [4.78, 5) is 14.8. The highest BCUT2D eigenvalue weighted by atomic mass is 16.6. The molecule has 1 unspecified atom stereocenters. The van der Waals surface area contributed by atoms with Gasteiger partial charge < -0.3 is 5.32 Å². The molecule has 19 heavy (non-hydrogen) atoms. The molecule has 1 N–H and O–H groups in total. The Kier molecular flexibility index (Phi) is 3.75. The van der Waals surface area contributed by atoms with Gasteiger partial charge in [-0.15, -0.1) is 6.58 Å². The number of pyridine rings is 1. The van der Waals surface area contributed by atoms with Gasteiger partial charge in [0.1, 0.15) is 11.9 Å². The molecule has 0 saturated heterocycles. The van der Waals surface area contributed by atoms with E-state index in [9.17, 15) is 10.1 Å². The second kappa shape index (κ2) is 5.48. The van der Waals surface area contributed by atoms with Gasteiger partial charge in [-0.1, -0.05) is 24.3 Å². The molecule has 0 aliphatic carbocycles. The number of nitrogens with zero attached hydrogens (tertiary/aromatic N) is 2. The van der Waals surface area contributed by atoms with E-state index in [2.05, 4.69) is 16.9 Å². The van der Waals surface area contributed by atoms with Crippen LogP contribution in [0.15, 0.2) is 43.1 Å². The maximum atomic E-state index is 11.1. The summed E-state index contributed by atoms with van der Waals surface area (Å²) in [5.74, 6) is 0. The van der Waals surface area contributed by atoms with Gasteiger partial charge in [0.25, 0.3) is 0 Å². The van der Waals surface area contributed by atoms with Crippen molar-refractivity contribution in [2.45, 2.75) is 19.4 Å². The van der Waals surface area contributed by atoms with Crippen molar-refractivity contribution in [2.24, 2.45) is 0 Å². The molecule has 1 aromatic carbocycles. The Labute approximate surface area is 111 Å². The van der Waals surface area contributed by atoms with Crippen LogP contribution in [0.5, 0.6) is 0 Å². The lowest BCUT2D eigenvalue weighted by molar-refractivity contribution is -0.384. The van der Waals surface area contributed by atoms with E-state index < -0.39 is 4.92 Å². The summed E-state index contributed by atoms with van der Waals surface area (Å²) in [5.41, 5.74) is 1.25. The van der Waals surface area contributed by atoms with Crippen LogP contribution >= 0.6 is 0 Å². The van der Waals surface area contributed by atoms with Gasteiger partial charge in [0.15, 0.2) is 0 Å². The number of rotatable bonds is 5. The molecule has 2 rings (SSSR count). The number of aromatic nitrogens is 1. The summed E-state index contributed by atoms with van der Waals surface area (Å²) in [6.07, 6.45) is 3.81. The van der Waals surface area contributed by atoms with Gasteiger partial charge in [-0.2, -0.15) is 0 Å². The average Bonchev–Trinajstić information content (AvgIpc) is 2.39. The molecule has 0 aliphatic rings. The zero-order chi connectivity index (χ0) is 13.8. The first kappa shape index (κ1) is 13.0. The van der Waals surface area contributed by atoms with E-state index in [1.807, 2.05) is 31.2 Å². The Morgan fingerprint density at radius 1 is 1.53 bits per heavy atom. The number of nitrogens with one attached hydrogen (secondary N) is 1. The molecule has 2 aromatic rings. The zero-order valence-electron chi connectivity index (χ0n) is 10.7. The Morgan fingerprint density at radius 3 is 2.95 bits per heavy atom. The summed E-state index contributed by atoms with van der Waals surface area (Å²) < 4.78 is 0.